The third-order valence-electron chi connectivity index (χ3n) is 5.35. The second-order valence-corrected chi connectivity index (χ2v) is 7.47. The molecule has 1 aliphatic rings. The van der Waals surface area contributed by atoms with Crippen molar-refractivity contribution in [3.8, 4) is 0 Å². The smallest absolute Gasteiger partial charge is 0.271 e. The van der Waals surface area contributed by atoms with Crippen LogP contribution in [0.3, 0.4) is 0 Å². The number of hydrogen-bond donors (Lipinski definition) is 2. The second kappa shape index (κ2) is 8.37. The number of benzene rings is 1. The van der Waals surface area contributed by atoms with E-state index in [-0.39, 0.29) is 29.6 Å². The van der Waals surface area contributed by atoms with E-state index in [9.17, 15) is 9.59 Å². The summed E-state index contributed by atoms with van der Waals surface area (Å²) < 4.78 is 1.65. The fourth-order valence-corrected chi connectivity index (χ4v) is 3.80. The zero-order valence-electron chi connectivity index (χ0n) is 16.2. The van der Waals surface area contributed by atoms with Crippen molar-refractivity contribution in [2.24, 2.45) is 5.92 Å². The standard InChI is InChI=1S/C21H28N4O2/c1-14-8-7-11-17(12-14)23-21(27)19-13-18(20(26)22-3)24-25(19)15(2)16-9-5-4-6-10-16/h4-6,9-10,13-15,17H,7-8,11-12H2,1-3H3,(H,22,26)(H,23,27). The van der Waals surface area contributed by atoms with E-state index >= 15 is 0 Å². The third kappa shape index (κ3) is 4.38. The number of amides is 2. The Morgan fingerprint density at radius 1 is 1.19 bits per heavy atom. The van der Waals surface area contributed by atoms with E-state index in [0.717, 1.165) is 24.8 Å². The highest BCUT2D eigenvalue weighted by Crippen LogP contribution is 2.25. The Hall–Kier alpha value is -2.63. The molecule has 0 radical (unpaired) electrons. The van der Waals surface area contributed by atoms with E-state index in [4.69, 9.17) is 0 Å². The Morgan fingerprint density at radius 2 is 1.93 bits per heavy atom. The maximum absolute atomic E-state index is 13.0. The van der Waals surface area contributed by atoms with E-state index in [0.29, 0.717) is 11.6 Å². The number of carbonyl (C=O) groups is 2. The predicted molar refractivity (Wildman–Crippen MR) is 105 cm³/mol. The van der Waals surface area contributed by atoms with Crippen LogP contribution in [-0.4, -0.2) is 34.7 Å². The highest BCUT2D eigenvalue weighted by atomic mass is 16.2. The first-order valence-corrected chi connectivity index (χ1v) is 9.67. The SMILES string of the molecule is CNC(=O)c1cc(C(=O)NC2CCCC(C)C2)n(C(C)c2ccccc2)n1. The molecule has 1 fully saturated rings. The predicted octanol–water partition coefficient (Wildman–Crippen LogP) is 3.16. The molecule has 1 heterocycles. The summed E-state index contributed by atoms with van der Waals surface area (Å²) in [6.07, 6.45) is 4.35. The molecule has 1 aliphatic carbocycles. The minimum atomic E-state index is -0.297. The summed E-state index contributed by atoms with van der Waals surface area (Å²) in [5.41, 5.74) is 1.70. The van der Waals surface area contributed by atoms with Crippen LogP contribution in [-0.2, 0) is 0 Å². The topological polar surface area (TPSA) is 76.0 Å². The van der Waals surface area contributed by atoms with Crippen LogP contribution in [0.4, 0.5) is 0 Å². The number of nitrogens with one attached hydrogen (secondary N) is 2. The van der Waals surface area contributed by atoms with Gasteiger partial charge in [0.05, 0.1) is 6.04 Å². The van der Waals surface area contributed by atoms with Crippen molar-refractivity contribution in [1.82, 2.24) is 20.4 Å². The largest absolute Gasteiger partial charge is 0.354 e. The van der Waals surface area contributed by atoms with Gasteiger partial charge in [0.2, 0.25) is 0 Å². The van der Waals surface area contributed by atoms with E-state index in [1.165, 1.54) is 6.42 Å². The quantitative estimate of drug-likeness (QED) is 0.851. The molecular formula is C21H28N4O2. The normalized spacial score (nSPS) is 20.7. The number of aromatic nitrogens is 2. The van der Waals surface area contributed by atoms with Crippen LogP contribution < -0.4 is 10.6 Å². The highest BCUT2D eigenvalue weighted by Gasteiger charge is 2.26. The molecule has 3 rings (SSSR count). The first kappa shape index (κ1) is 19.1. The molecule has 2 N–H and O–H groups in total. The molecule has 1 aromatic carbocycles. The first-order valence-electron chi connectivity index (χ1n) is 9.67. The molecule has 1 saturated carbocycles. The van der Waals surface area contributed by atoms with Crippen LogP contribution in [0.2, 0.25) is 0 Å². The van der Waals surface area contributed by atoms with Crippen LogP contribution in [0.25, 0.3) is 0 Å². The third-order valence-corrected chi connectivity index (χ3v) is 5.35. The van der Waals surface area contributed by atoms with Crippen molar-refractivity contribution in [1.29, 1.82) is 0 Å². The van der Waals surface area contributed by atoms with Crippen LogP contribution in [0.1, 0.15) is 72.1 Å². The molecule has 1 aromatic heterocycles. The zero-order valence-corrected chi connectivity index (χ0v) is 16.2. The molecule has 6 nitrogen and oxygen atoms in total. The molecule has 6 heteroatoms. The lowest BCUT2D eigenvalue weighted by atomic mass is 9.87. The van der Waals surface area contributed by atoms with Gasteiger partial charge in [0, 0.05) is 19.2 Å². The van der Waals surface area contributed by atoms with Crippen molar-refractivity contribution in [2.75, 3.05) is 7.05 Å². The molecule has 0 spiro atoms. The number of carbonyl (C=O) groups excluding carboxylic acids is 2. The van der Waals surface area contributed by atoms with Crippen molar-refractivity contribution >= 4 is 11.8 Å². The number of rotatable bonds is 5. The fraction of sp³-hybridized carbons (Fsp3) is 0.476. The van der Waals surface area contributed by atoms with Gasteiger partial charge in [-0.3, -0.25) is 14.3 Å². The lowest BCUT2D eigenvalue weighted by Gasteiger charge is -2.27. The van der Waals surface area contributed by atoms with Gasteiger partial charge < -0.3 is 10.6 Å². The lowest BCUT2D eigenvalue weighted by Crippen LogP contribution is -2.39. The number of hydrogen-bond acceptors (Lipinski definition) is 3. The highest BCUT2D eigenvalue weighted by molar-refractivity contribution is 5.98. The van der Waals surface area contributed by atoms with Gasteiger partial charge in [-0.25, -0.2) is 0 Å². The van der Waals surface area contributed by atoms with Crippen LogP contribution in [0.5, 0.6) is 0 Å². The van der Waals surface area contributed by atoms with E-state index < -0.39 is 0 Å². The van der Waals surface area contributed by atoms with E-state index in [2.05, 4.69) is 22.7 Å². The minimum absolute atomic E-state index is 0.157. The first-order chi connectivity index (χ1) is 13.0. The van der Waals surface area contributed by atoms with Crippen LogP contribution in [0.15, 0.2) is 36.4 Å². The Morgan fingerprint density at radius 3 is 2.59 bits per heavy atom. The molecule has 27 heavy (non-hydrogen) atoms. The van der Waals surface area contributed by atoms with Gasteiger partial charge in [0.25, 0.3) is 11.8 Å². The summed E-state index contributed by atoms with van der Waals surface area (Å²) in [5, 5.41) is 10.2. The van der Waals surface area contributed by atoms with Crippen molar-refractivity contribution < 1.29 is 9.59 Å². The van der Waals surface area contributed by atoms with E-state index in [1.807, 2.05) is 37.3 Å². The van der Waals surface area contributed by atoms with Gasteiger partial charge in [-0.15, -0.1) is 0 Å². The Balaban J connectivity index is 1.89. The summed E-state index contributed by atoms with van der Waals surface area (Å²) >= 11 is 0. The van der Waals surface area contributed by atoms with Crippen molar-refractivity contribution in [2.45, 2.75) is 51.6 Å². The van der Waals surface area contributed by atoms with E-state index in [1.54, 1.807) is 17.8 Å². The van der Waals surface area contributed by atoms with Crippen molar-refractivity contribution in [3.05, 3.63) is 53.3 Å². The van der Waals surface area contributed by atoms with Gasteiger partial charge in [0.1, 0.15) is 5.69 Å². The van der Waals surface area contributed by atoms with Gasteiger partial charge in [0.15, 0.2) is 5.69 Å². The molecule has 3 unspecified atom stereocenters. The van der Waals surface area contributed by atoms with Crippen LogP contribution >= 0.6 is 0 Å². The molecule has 2 aromatic rings. The summed E-state index contributed by atoms with van der Waals surface area (Å²) in [4.78, 5) is 25.1. The van der Waals surface area contributed by atoms with Gasteiger partial charge >= 0.3 is 0 Å². The average Bonchev–Trinajstić information content (AvgIpc) is 3.13. The molecule has 0 bridgehead atoms. The summed E-state index contributed by atoms with van der Waals surface area (Å²) in [6.45, 7) is 4.21. The number of nitrogens with zero attached hydrogens (tertiary/aromatic N) is 2. The van der Waals surface area contributed by atoms with Crippen molar-refractivity contribution in [3.63, 3.8) is 0 Å². The summed E-state index contributed by atoms with van der Waals surface area (Å²) in [6, 6.07) is 11.5. The Kier molecular flexibility index (Phi) is 5.94. The average molecular weight is 368 g/mol. The monoisotopic (exact) mass is 368 g/mol. The van der Waals surface area contributed by atoms with Gasteiger partial charge in [-0.1, -0.05) is 50.1 Å². The molecule has 3 atom stereocenters. The Labute approximate surface area is 160 Å². The Bertz CT molecular complexity index is 800. The van der Waals surface area contributed by atoms with Crippen LogP contribution in [0, 0.1) is 5.92 Å². The molecular weight excluding hydrogens is 340 g/mol. The zero-order chi connectivity index (χ0) is 19.4. The molecule has 0 aliphatic heterocycles. The molecule has 0 saturated heterocycles. The fourth-order valence-electron chi connectivity index (χ4n) is 3.80. The second-order valence-electron chi connectivity index (χ2n) is 7.47. The van der Waals surface area contributed by atoms with Gasteiger partial charge in [-0.05, 0) is 31.2 Å². The minimum Gasteiger partial charge on any atom is -0.354 e. The maximum atomic E-state index is 13.0. The maximum Gasteiger partial charge on any atom is 0.271 e. The molecule has 144 valence electrons. The van der Waals surface area contributed by atoms with Gasteiger partial charge in [-0.2, -0.15) is 5.10 Å². The molecule has 2 amide bonds. The summed E-state index contributed by atoms with van der Waals surface area (Å²) in [7, 11) is 1.56. The summed E-state index contributed by atoms with van der Waals surface area (Å²) in [5.74, 6) is 0.160. The lowest BCUT2D eigenvalue weighted by molar-refractivity contribution is 0.0907.